The van der Waals surface area contributed by atoms with Crippen LogP contribution < -0.4 is 5.32 Å². The molecule has 1 aromatic rings. The van der Waals surface area contributed by atoms with Crippen LogP contribution in [0.25, 0.3) is 0 Å². The Bertz CT molecular complexity index is 445. The second-order valence-electron chi connectivity index (χ2n) is 5.06. The highest BCUT2D eigenvalue weighted by atomic mass is 19.3. The van der Waals surface area contributed by atoms with Gasteiger partial charge in [0, 0.05) is 5.56 Å². The van der Waals surface area contributed by atoms with Crippen LogP contribution in [0.3, 0.4) is 0 Å². The van der Waals surface area contributed by atoms with Gasteiger partial charge >= 0.3 is 0 Å². The fourth-order valence-electron chi connectivity index (χ4n) is 2.11. The molecule has 0 spiro atoms. The highest BCUT2D eigenvalue weighted by molar-refractivity contribution is 5.94. The maximum Gasteiger partial charge on any atom is 0.251 e. The van der Waals surface area contributed by atoms with Crippen LogP contribution in [0, 0.1) is 0 Å². The van der Waals surface area contributed by atoms with Crippen LogP contribution in [0.1, 0.15) is 30.1 Å². The first-order chi connectivity index (χ1) is 10.5. The first-order valence-corrected chi connectivity index (χ1v) is 7.14. The van der Waals surface area contributed by atoms with E-state index >= 15 is 0 Å². The summed E-state index contributed by atoms with van der Waals surface area (Å²) in [6.45, 7) is 1.09. The van der Waals surface area contributed by atoms with Gasteiger partial charge in [0.1, 0.15) is 24.9 Å². The van der Waals surface area contributed by atoms with Crippen LogP contribution in [0.5, 0.6) is 0 Å². The fraction of sp³-hybridized carbons (Fsp3) is 0.533. The lowest BCUT2D eigenvalue weighted by Crippen LogP contribution is -2.52. The summed E-state index contributed by atoms with van der Waals surface area (Å²) in [6, 6.07) is 7.64. The van der Waals surface area contributed by atoms with Crippen molar-refractivity contribution in [2.75, 3.05) is 6.61 Å². The molecule has 0 saturated heterocycles. The van der Waals surface area contributed by atoms with E-state index in [4.69, 9.17) is 0 Å². The molecule has 0 saturated carbocycles. The number of carbonyl (C=O) groups excluding carboxylic acids is 1. The summed E-state index contributed by atoms with van der Waals surface area (Å²) in [4.78, 5) is 15.4. The molecule has 124 valence electrons. The Balaban J connectivity index is 2.73. The molecular weight excluding hydrogens is 293 g/mol. The number of nitrogens with one attached hydrogen (secondary N) is 1. The third-order valence-electron chi connectivity index (χ3n) is 3.34. The van der Waals surface area contributed by atoms with Gasteiger partial charge in [-0.25, -0.2) is 0 Å². The smallest absolute Gasteiger partial charge is 0.251 e. The first-order valence-electron chi connectivity index (χ1n) is 7.14. The average molecular weight is 315 g/mol. The number of hydrogen-bond donors (Lipinski definition) is 4. The lowest BCUT2D eigenvalue weighted by Gasteiger charge is -2.29. The van der Waals surface area contributed by atoms with Gasteiger partial charge < -0.3 is 20.6 Å². The second kappa shape index (κ2) is 9.47. The highest BCUT2D eigenvalue weighted by Gasteiger charge is 2.32. The summed E-state index contributed by atoms with van der Waals surface area (Å²) >= 11 is 0. The normalized spacial score (nSPS) is 16.6. The van der Waals surface area contributed by atoms with E-state index in [1.807, 2.05) is 6.92 Å². The number of aliphatic hydroxyl groups excluding tert-OH is 3. The summed E-state index contributed by atoms with van der Waals surface area (Å²) in [5, 5.41) is 32.0. The predicted octanol–water partition coefficient (Wildman–Crippen LogP) is 0.569. The third-order valence-corrected chi connectivity index (χ3v) is 3.34. The first kappa shape index (κ1) is 18.5. The minimum atomic E-state index is -1.64. The van der Waals surface area contributed by atoms with Gasteiger partial charge in [-0.15, -0.1) is 0 Å². The summed E-state index contributed by atoms with van der Waals surface area (Å²) < 4.78 is 11.7. The molecular formula is C15H22FNO5. The maximum atomic E-state index is 12.1. The molecule has 0 unspecified atom stereocenters. The quantitative estimate of drug-likeness (QED) is 0.534. The van der Waals surface area contributed by atoms with Crippen molar-refractivity contribution in [3.05, 3.63) is 35.9 Å². The van der Waals surface area contributed by atoms with E-state index in [0.717, 1.165) is 0 Å². The molecule has 0 aliphatic carbocycles. The standard InChI is InChI=1S/C15H22FNO5/c1-2-6-11(13(19)14(20)12(18)9-22-16)17-15(21)10-7-4-3-5-8-10/h3-5,7-8,11-14,18-20H,2,6,9H2,1H3,(H,17,21)/t11-,12+,13+,14+/m0/s1. The number of rotatable bonds is 9. The van der Waals surface area contributed by atoms with Gasteiger partial charge in [0.2, 0.25) is 0 Å². The van der Waals surface area contributed by atoms with Crippen LogP contribution in [-0.4, -0.2) is 52.2 Å². The number of amides is 1. The zero-order chi connectivity index (χ0) is 16.5. The number of carbonyl (C=O) groups is 1. The Kier molecular flexibility index (Phi) is 7.97. The van der Waals surface area contributed by atoms with Crippen LogP contribution in [0.2, 0.25) is 0 Å². The predicted molar refractivity (Wildman–Crippen MR) is 77.7 cm³/mol. The van der Waals surface area contributed by atoms with E-state index < -0.39 is 36.9 Å². The number of aliphatic hydroxyl groups is 3. The van der Waals surface area contributed by atoms with E-state index in [0.29, 0.717) is 18.4 Å². The van der Waals surface area contributed by atoms with Gasteiger partial charge in [-0.1, -0.05) is 31.5 Å². The van der Waals surface area contributed by atoms with Crippen molar-refractivity contribution >= 4 is 5.91 Å². The fourth-order valence-corrected chi connectivity index (χ4v) is 2.11. The minimum Gasteiger partial charge on any atom is -0.388 e. The zero-order valence-electron chi connectivity index (χ0n) is 12.4. The molecule has 0 radical (unpaired) electrons. The van der Waals surface area contributed by atoms with Crippen molar-refractivity contribution < 1.29 is 29.6 Å². The van der Waals surface area contributed by atoms with E-state index in [9.17, 15) is 24.6 Å². The Morgan fingerprint density at radius 2 is 1.86 bits per heavy atom. The molecule has 1 rings (SSSR count). The Morgan fingerprint density at radius 3 is 2.41 bits per heavy atom. The van der Waals surface area contributed by atoms with Crippen LogP contribution in [0.4, 0.5) is 4.53 Å². The SMILES string of the molecule is CCC[C@H](NC(=O)c1ccccc1)[C@@H](O)[C@H](O)[C@H](O)COF. The van der Waals surface area contributed by atoms with Crippen molar-refractivity contribution in [2.45, 2.75) is 44.1 Å². The number of benzene rings is 1. The van der Waals surface area contributed by atoms with Gasteiger partial charge in [-0.3, -0.25) is 4.79 Å². The molecule has 4 N–H and O–H groups in total. The molecule has 1 amide bonds. The Hall–Kier alpha value is -1.54. The molecule has 4 atom stereocenters. The molecule has 6 nitrogen and oxygen atoms in total. The number of halogens is 1. The van der Waals surface area contributed by atoms with Crippen molar-refractivity contribution in [2.24, 2.45) is 0 Å². The minimum absolute atomic E-state index is 0.389. The van der Waals surface area contributed by atoms with Gasteiger partial charge in [0.05, 0.1) is 6.04 Å². The summed E-state index contributed by atoms with van der Waals surface area (Å²) in [5.74, 6) is -0.401. The molecule has 0 heterocycles. The topological polar surface area (TPSA) is 99.0 Å². The molecule has 1 aromatic carbocycles. The molecule has 0 bridgehead atoms. The van der Waals surface area contributed by atoms with Crippen molar-refractivity contribution in [3.63, 3.8) is 0 Å². The van der Waals surface area contributed by atoms with E-state index in [2.05, 4.69) is 10.3 Å². The van der Waals surface area contributed by atoms with Gasteiger partial charge in [0.15, 0.2) is 0 Å². The lowest BCUT2D eigenvalue weighted by atomic mass is 9.97. The molecule has 0 fully saturated rings. The van der Waals surface area contributed by atoms with E-state index in [-0.39, 0.29) is 0 Å². The number of hydrogen-bond acceptors (Lipinski definition) is 5. The van der Waals surface area contributed by atoms with Crippen LogP contribution in [-0.2, 0) is 4.94 Å². The van der Waals surface area contributed by atoms with Crippen LogP contribution in [0.15, 0.2) is 30.3 Å². The van der Waals surface area contributed by atoms with Gasteiger partial charge in [-0.05, 0) is 23.1 Å². The summed E-state index contributed by atoms with van der Waals surface area (Å²) in [6.07, 6.45) is -3.65. The van der Waals surface area contributed by atoms with E-state index in [1.165, 1.54) is 0 Å². The lowest BCUT2D eigenvalue weighted by molar-refractivity contribution is -0.182. The molecule has 22 heavy (non-hydrogen) atoms. The third kappa shape index (κ3) is 5.34. The van der Waals surface area contributed by atoms with Crippen molar-refractivity contribution in [3.8, 4) is 0 Å². The maximum absolute atomic E-state index is 12.1. The Morgan fingerprint density at radius 1 is 1.23 bits per heavy atom. The van der Waals surface area contributed by atoms with Crippen LogP contribution >= 0.6 is 0 Å². The molecule has 0 aromatic heterocycles. The van der Waals surface area contributed by atoms with E-state index in [1.54, 1.807) is 30.3 Å². The second-order valence-corrected chi connectivity index (χ2v) is 5.06. The molecule has 0 aliphatic heterocycles. The summed E-state index contributed by atoms with van der Waals surface area (Å²) in [7, 11) is 0. The van der Waals surface area contributed by atoms with Crippen molar-refractivity contribution in [1.82, 2.24) is 5.32 Å². The van der Waals surface area contributed by atoms with Crippen molar-refractivity contribution in [1.29, 1.82) is 0 Å². The molecule has 0 aliphatic rings. The van der Waals surface area contributed by atoms with Gasteiger partial charge in [0.25, 0.3) is 5.91 Å². The Labute approximate surface area is 128 Å². The van der Waals surface area contributed by atoms with Gasteiger partial charge in [-0.2, -0.15) is 4.94 Å². The largest absolute Gasteiger partial charge is 0.388 e. The molecule has 7 heteroatoms. The monoisotopic (exact) mass is 315 g/mol. The average Bonchev–Trinajstić information content (AvgIpc) is 2.54. The summed E-state index contributed by atoms with van der Waals surface area (Å²) in [5.41, 5.74) is 0.415. The zero-order valence-corrected chi connectivity index (χ0v) is 12.4. The highest BCUT2D eigenvalue weighted by Crippen LogP contribution is 2.12.